The van der Waals surface area contributed by atoms with Crippen molar-refractivity contribution in [3.05, 3.63) is 208 Å². The van der Waals surface area contributed by atoms with Gasteiger partial charge in [0.25, 0.3) is 29.5 Å². The summed E-state index contributed by atoms with van der Waals surface area (Å²) in [6.45, 7) is 52.7. The number of carboxylic acid groups (broad SMARTS) is 2. The molecule has 3 saturated carbocycles. The van der Waals surface area contributed by atoms with Crippen molar-refractivity contribution in [2.75, 3.05) is 19.6 Å². The summed E-state index contributed by atoms with van der Waals surface area (Å²) in [5.41, 5.74) is 10.1. The van der Waals surface area contributed by atoms with Crippen LogP contribution in [-0.4, -0.2) is 143 Å². The van der Waals surface area contributed by atoms with E-state index in [0.717, 1.165) is 132 Å². The van der Waals surface area contributed by atoms with E-state index in [2.05, 4.69) is 135 Å². The van der Waals surface area contributed by atoms with Gasteiger partial charge in [0.1, 0.15) is 45.3 Å². The summed E-state index contributed by atoms with van der Waals surface area (Å²) in [7, 11) is 0. The molecule has 0 aromatic heterocycles. The maximum Gasteiger partial charge on any atom is 0.335 e. The highest BCUT2D eigenvalue weighted by Gasteiger charge is 2.57. The SMILES string of the molecule is CC(C)(C)CC[C@H](c1ccc(C(=O)NCCCC(=O)O)cc1)N1C(=O)C(c2cc(Cl)cc(Cl)c2)=NC12CCC(C(C)(C)C)CC2.CC(C)(C)CC[C@H](c1ccc(C(=O)NCCCC(=O)OC(C)(C)C)cc1)N1C(=O)C(c2cc(Cl)cc(Cl)c2)=NC12CCC(C(C)(C)C)CC2.CC(C)(C)CC[C@H](c1ccc(C(=O)O)cc1)N1C(=O)C(c2cc(Cl)cc(Cl)c2)=NC12CCC(C(C)(C)C)CC2.CC(C)(C)OC(=O)CCCN.Cl. The number of esters is 2. The van der Waals surface area contributed by atoms with E-state index in [0.29, 0.717) is 132 Å². The summed E-state index contributed by atoms with van der Waals surface area (Å²) in [6, 6.07) is 36.8. The molecule has 0 radical (unpaired) electrons. The lowest BCUT2D eigenvalue weighted by atomic mass is 9.69. The van der Waals surface area contributed by atoms with Gasteiger partial charge in [0, 0.05) is 90.3 Å². The van der Waals surface area contributed by atoms with Gasteiger partial charge in [-0.05, 0) is 341 Å². The van der Waals surface area contributed by atoms with Gasteiger partial charge in [0.2, 0.25) is 0 Å². The van der Waals surface area contributed by atoms with E-state index < -0.39 is 34.5 Å². The molecule has 0 saturated heterocycles. The van der Waals surface area contributed by atoms with Crippen LogP contribution in [0.15, 0.2) is 142 Å². The molecule has 12 rings (SSSR count). The maximum absolute atomic E-state index is 14.7. The quantitative estimate of drug-likeness (QED) is 0.0215. The number of aromatic carboxylic acids is 1. The molecule has 5 amide bonds. The number of halogens is 7. The molecule has 3 heterocycles. The molecule has 6 N–H and O–H groups in total. The monoisotopic (exact) mass is 2130 g/mol. The molecule has 6 aromatic rings. The summed E-state index contributed by atoms with van der Waals surface area (Å²) in [5, 5.41) is 26.8. The number of carbonyl (C=O) groups excluding carboxylic acids is 7. The molecule has 3 spiro atoms. The van der Waals surface area contributed by atoms with Crippen LogP contribution in [0.2, 0.25) is 30.1 Å². The topological polar surface area (TPSA) is 309 Å². The molecule has 6 aromatic carbocycles. The highest BCUT2D eigenvalue weighted by molar-refractivity contribution is 6.49. The minimum atomic E-state index is -0.967. The Morgan fingerprint density at radius 3 is 0.841 bits per heavy atom. The van der Waals surface area contributed by atoms with Gasteiger partial charge < -0.3 is 50.8 Å². The summed E-state index contributed by atoms with van der Waals surface area (Å²) in [4.78, 5) is 137. The average Bonchev–Trinajstić information content (AvgIpc) is 1.59. The number of benzene rings is 6. The van der Waals surface area contributed by atoms with Crippen LogP contribution in [0.5, 0.6) is 0 Å². The molecular formula is C116H160Cl7N9O13. The first kappa shape index (κ1) is 122. The number of carboxylic acids is 2. The van der Waals surface area contributed by atoms with E-state index in [1.807, 2.05) is 105 Å². The zero-order valence-electron chi connectivity index (χ0n) is 90.0. The third-order valence-electron chi connectivity index (χ3n) is 28.2. The predicted octanol–water partition coefficient (Wildman–Crippen LogP) is 29.0. The van der Waals surface area contributed by atoms with Crippen molar-refractivity contribution >= 4 is 153 Å². The second kappa shape index (κ2) is 50.4. The summed E-state index contributed by atoms with van der Waals surface area (Å²) >= 11 is 38.3. The van der Waals surface area contributed by atoms with Gasteiger partial charge in [0.05, 0.1) is 23.7 Å². The molecule has 0 unspecified atom stereocenters. The van der Waals surface area contributed by atoms with Crippen molar-refractivity contribution in [3.8, 4) is 0 Å². The lowest BCUT2D eigenvalue weighted by molar-refractivity contribution is -0.156. The van der Waals surface area contributed by atoms with Crippen LogP contribution in [0.25, 0.3) is 0 Å². The fraction of sp³-hybridized carbons (Fsp3) is 0.586. The van der Waals surface area contributed by atoms with Crippen LogP contribution in [-0.2, 0) is 38.2 Å². The Hall–Kier alpha value is -8.45. The van der Waals surface area contributed by atoms with Crippen molar-refractivity contribution in [2.24, 2.45) is 71.0 Å². The number of nitrogens with zero attached hydrogens (tertiary/aromatic N) is 6. The van der Waals surface area contributed by atoms with Crippen LogP contribution in [0.4, 0.5) is 0 Å². The molecular weight excluding hydrogens is 1980 g/mol. The Labute approximate surface area is 899 Å². The van der Waals surface area contributed by atoms with Gasteiger partial charge in [0.15, 0.2) is 0 Å². The first-order valence-electron chi connectivity index (χ1n) is 51.4. The zero-order chi connectivity index (χ0) is 107. The molecule has 6 aliphatic rings. The number of hydrogen-bond acceptors (Lipinski definition) is 15. The van der Waals surface area contributed by atoms with E-state index in [1.165, 1.54) is 0 Å². The number of aliphatic carboxylic acids is 1. The number of rotatable bonds is 29. The highest BCUT2D eigenvalue weighted by atomic mass is 35.5. The van der Waals surface area contributed by atoms with Crippen molar-refractivity contribution in [1.82, 2.24) is 25.3 Å². The third kappa shape index (κ3) is 35.1. The molecule has 3 atom stereocenters. The number of carbonyl (C=O) groups is 9. The number of ether oxygens (including phenoxy) is 2. The Morgan fingerprint density at radius 1 is 0.379 bits per heavy atom. The molecule has 3 fully saturated rings. The Morgan fingerprint density at radius 2 is 0.621 bits per heavy atom. The first-order valence-corrected chi connectivity index (χ1v) is 53.6. The smallest absolute Gasteiger partial charge is 0.335 e. The van der Waals surface area contributed by atoms with E-state index in [1.54, 1.807) is 78.9 Å². The maximum atomic E-state index is 14.7. The minimum Gasteiger partial charge on any atom is -0.481 e. The van der Waals surface area contributed by atoms with E-state index in [9.17, 15) is 48.3 Å². The molecule has 0 bridgehead atoms. The van der Waals surface area contributed by atoms with Gasteiger partial charge in [-0.3, -0.25) is 53.3 Å². The van der Waals surface area contributed by atoms with E-state index >= 15 is 0 Å². The van der Waals surface area contributed by atoms with Gasteiger partial charge >= 0.3 is 23.9 Å². The fourth-order valence-corrected chi connectivity index (χ4v) is 22.0. The number of amides is 5. The van der Waals surface area contributed by atoms with Crippen molar-refractivity contribution in [2.45, 2.75) is 367 Å². The molecule has 22 nitrogen and oxygen atoms in total. The highest BCUT2D eigenvalue weighted by Crippen LogP contribution is 2.56. The second-order valence-corrected chi connectivity index (χ2v) is 51.6. The Balaban J connectivity index is 0.000000252. The molecule has 3 aliphatic carbocycles. The predicted molar refractivity (Wildman–Crippen MR) is 591 cm³/mol. The molecule has 796 valence electrons. The van der Waals surface area contributed by atoms with Gasteiger partial charge in [-0.1, -0.05) is 231 Å². The normalized spacial score (nSPS) is 20.5. The fourth-order valence-electron chi connectivity index (χ4n) is 20.4. The lowest BCUT2D eigenvalue weighted by Crippen LogP contribution is -2.51. The number of hydrogen-bond donors (Lipinski definition) is 5. The Kier molecular flexibility index (Phi) is 42.4. The number of aliphatic imine (C=N–C) groups is 3. The standard InChI is InChI=1S/C40H55Cl2N3O4.C36H47Cl2N3O4.C32H40Cl2N2O3.C8H17NO2.ClH/c1-37(2,3)19-18-32(26-12-14-27(15-13-26)35(47)43-22-10-11-33(46)49-39(7,8)9)45-36(48)34(28-23-30(41)25-31(42)24-28)44-40(45)20-16-29(17-21-40)38(4,5)6;1-34(2,3)16-15-29(23-9-11-24(12-10-23)32(44)39-19-7-8-30(42)43)41-33(45)31(25-20-27(37)22-28(38)21-25)40-36(41)17-13-26(14-18-36)35(4,5)6;1-30(2,3)14-13-26(20-7-9-21(10-8-20)29(38)39)36-28(37)27(22-17-24(33)19-25(34)18-22)35-32(36)15-11-23(12-16-32)31(4,5)6;1-8(2,3)11-7(10)5-4-6-9;/h12-15,23-25,29,32H,10-11,16-22H2,1-9H3,(H,43,47);9-12,20-22,26,29H,7-8,13-19H2,1-6H3,(H,39,44)(H,42,43);7-10,17-19,23,26H,11-16H2,1-6H3,(H,38,39);4-6,9H2,1-3H3;1H/t29?,32-,40?;26?,29-,36?;23?,26-,32?;;/m111../s1. The third-order valence-corrected chi connectivity index (χ3v) is 29.5. The van der Waals surface area contributed by atoms with Crippen molar-refractivity contribution in [3.63, 3.8) is 0 Å². The summed E-state index contributed by atoms with van der Waals surface area (Å²) in [5.74, 6) is -1.51. The minimum absolute atomic E-state index is 0. The van der Waals surface area contributed by atoms with Crippen LogP contribution in [0, 0.1) is 50.2 Å². The van der Waals surface area contributed by atoms with Crippen LogP contribution < -0.4 is 16.4 Å². The lowest BCUT2D eigenvalue weighted by Gasteiger charge is -2.47. The van der Waals surface area contributed by atoms with Crippen LogP contribution in [0.1, 0.15) is 403 Å². The van der Waals surface area contributed by atoms with Gasteiger partial charge in [-0.25, -0.2) is 4.79 Å². The van der Waals surface area contributed by atoms with E-state index in [-0.39, 0.29) is 135 Å². The van der Waals surface area contributed by atoms with Crippen molar-refractivity contribution in [1.29, 1.82) is 0 Å². The second-order valence-electron chi connectivity index (χ2n) is 48.9. The van der Waals surface area contributed by atoms with Gasteiger partial charge in [-0.15, -0.1) is 12.4 Å². The summed E-state index contributed by atoms with van der Waals surface area (Å²) < 4.78 is 10.4. The molecule has 145 heavy (non-hydrogen) atoms. The van der Waals surface area contributed by atoms with Gasteiger partial charge in [-0.2, -0.15) is 0 Å². The van der Waals surface area contributed by atoms with Crippen LogP contribution in [0.3, 0.4) is 0 Å². The largest absolute Gasteiger partial charge is 0.481 e. The van der Waals surface area contributed by atoms with E-state index in [4.69, 9.17) is 105 Å². The molecule has 3 aliphatic heterocycles. The zero-order valence-corrected chi connectivity index (χ0v) is 95.4. The number of nitrogens with one attached hydrogen (secondary N) is 2. The number of nitrogens with two attached hydrogens (primary N) is 1. The Bertz CT molecular complexity index is 5520. The van der Waals surface area contributed by atoms with Crippen LogP contribution >= 0.6 is 82.0 Å². The average molecular weight is 2140 g/mol. The summed E-state index contributed by atoms with van der Waals surface area (Å²) in [6.07, 6.45) is 17.6. The van der Waals surface area contributed by atoms with Crippen molar-refractivity contribution < 1.29 is 62.8 Å². The molecule has 29 heteroatoms. The first-order chi connectivity index (χ1) is 66.7.